The van der Waals surface area contributed by atoms with Crippen molar-refractivity contribution in [3.63, 3.8) is 0 Å². The highest BCUT2D eigenvalue weighted by Gasteiger charge is 2.21. The van der Waals surface area contributed by atoms with Crippen LogP contribution in [-0.4, -0.2) is 15.0 Å². The summed E-state index contributed by atoms with van der Waals surface area (Å²) in [5.74, 6) is 1.83. The Kier molecular flexibility index (Phi) is 7.07. The first-order chi connectivity index (χ1) is 25.8. The third-order valence-corrected chi connectivity index (χ3v) is 9.66. The summed E-state index contributed by atoms with van der Waals surface area (Å²) in [6.07, 6.45) is 0. The molecular weight excluding hydrogens is 637 g/mol. The maximum absolute atomic E-state index is 6.59. The van der Waals surface area contributed by atoms with Gasteiger partial charge in [-0.05, 0) is 70.8 Å². The number of hydrogen-bond acceptors (Lipinski definition) is 5. The SMILES string of the molecule is c1ccc(-c2nc(-c3ccccc3)nc(-c3cc4c5ccccc5oc4c4ccc(N(c5ccccc5)c5ccc6ccccc6c5)cc34)n2)cc1. The molecule has 244 valence electrons. The molecule has 0 saturated heterocycles. The maximum Gasteiger partial charge on any atom is 0.164 e. The minimum atomic E-state index is 0.596. The van der Waals surface area contributed by atoms with E-state index in [1.54, 1.807) is 0 Å². The van der Waals surface area contributed by atoms with Gasteiger partial charge in [-0.15, -0.1) is 0 Å². The quantitative estimate of drug-likeness (QED) is 0.177. The second kappa shape index (κ2) is 12.3. The fourth-order valence-electron chi connectivity index (χ4n) is 7.18. The molecular formula is C47H30N4O. The van der Waals surface area contributed by atoms with Crippen LogP contribution in [-0.2, 0) is 0 Å². The average molecular weight is 667 g/mol. The highest BCUT2D eigenvalue weighted by Crippen LogP contribution is 2.43. The lowest BCUT2D eigenvalue weighted by molar-refractivity contribution is 0.672. The van der Waals surface area contributed by atoms with Crippen LogP contribution < -0.4 is 4.90 Å². The highest BCUT2D eigenvalue weighted by atomic mass is 16.3. The summed E-state index contributed by atoms with van der Waals surface area (Å²) in [6.45, 7) is 0. The van der Waals surface area contributed by atoms with E-state index in [0.29, 0.717) is 17.5 Å². The van der Waals surface area contributed by atoms with Crippen molar-refractivity contribution < 1.29 is 4.42 Å². The molecule has 0 aliphatic heterocycles. The van der Waals surface area contributed by atoms with Gasteiger partial charge in [-0.1, -0.05) is 127 Å². The largest absolute Gasteiger partial charge is 0.455 e. The molecule has 10 aromatic rings. The zero-order chi connectivity index (χ0) is 34.4. The van der Waals surface area contributed by atoms with Gasteiger partial charge in [0, 0.05) is 49.9 Å². The molecule has 0 aliphatic carbocycles. The van der Waals surface area contributed by atoms with Crippen molar-refractivity contribution in [1.29, 1.82) is 0 Å². The van der Waals surface area contributed by atoms with Crippen molar-refractivity contribution in [2.24, 2.45) is 0 Å². The van der Waals surface area contributed by atoms with E-state index in [9.17, 15) is 0 Å². The van der Waals surface area contributed by atoms with Crippen LogP contribution in [0.25, 0.3) is 77.6 Å². The molecule has 0 saturated carbocycles. The van der Waals surface area contributed by atoms with Crippen LogP contribution >= 0.6 is 0 Å². The van der Waals surface area contributed by atoms with Crippen molar-refractivity contribution in [3.8, 4) is 34.2 Å². The normalized spacial score (nSPS) is 11.5. The predicted molar refractivity (Wildman–Crippen MR) is 213 cm³/mol. The molecule has 10 rings (SSSR count). The van der Waals surface area contributed by atoms with Crippen LogP contribution in [0.5, 0.6) is 0 Å². The first kappa shape index (κ1) is 29.8. The number of anilines is 3. The van der Waals surface area contributed by atoms with Gasteiger partial charge >= 0.3 is 0 Å². The molecule has 0 fully saturated rings. The third-order valence-electron chi connectivity index (χ3n) is 9.66. The van der Waals surface area contributed by atoms with Crippen molar-refractivity contribution >= 4 is 60.5 Å². The second-order valence-electron chi connectivity index (χ2n) is 12.9. The zero-order valence-electron chi connectivity index (χ0n) is 28.0. The summed E-state index contributed by atoms with van der Waals surface area (Å²) < 4.78 is 6.59. The lowest BCUT2D eigenvalue weighted by atomic mass is 9.98. The molecule has 0 radical (unpaired) electrons. The Balaban J connectivity index is 1.27. The van der Waals surface area contributed by atoms with E-state index in [1.807, 2.05) is 78.9 Å². The molecule has 5 nitrogen and oxygen atoms in total. The van der Waals surface area contributed by atoms with E-state index >= 15 is 0 Å². The van der Waals surface area contributed by atoms with Crippen LogP contribution in [0, 0.1) is 0 Å². The maximum atomic E-state index is 6.59. The minimum Gasteiger partial charge on any atom is -0.455 e. The first-order valence-electron chi connectivity index (χ1n) is 17.4. The molecule has 0 bridgehead atoms. The summed E-state index contributed by atoms with van der Waals surface area (Å²) >= 11 is 0. The number of rotatable bonds is 6. The Bertz CT molecular complexity index is 2850. The molecule has 0 aliphatic rings. The van der Waals surface area contributed by atoms with Crippen molar-refractivity contribution in [2.75, 3.05) is 4.90 Å². The molecule has 0 atom stereocenters. The Morgan fingerprint density at radius 1 is 0.365 bits per heavy atom. The molecule has 2 heterocycles. The van der Waals surface area contributed by atoms with Gasteiger partial charge in [-0.3, -0.25) is 0 Å². The molecule has 5 heteroatoms. The van der Waals surface area contributed by atoms with Crippen LogP contribution in [0.1, 0.15) is 0 Å². The first-order valence-corrected chi connectivity index (χ1v) is 17.4. The Morgan fingerprint density at radius 3 is 1.67 bits per heavy atom. The van der Waals surface area contributed by atoms with E-state index < -0.39 is 0 Å². The number of benzene rings is 8. The topological polar surface area (TPSA) is 55.1 Å². The van der Waals surface area contributed by atoms with Gasteiger partial charge in [0.15, 0.2) is 17.5 Å². The van der Waals surface area contributed by atoms with Gasteiger partial charge in [-0.2, -0.15) is 0 Å². The number of aromatic nitrogens is 3. The lowest BCUT2D eigenvalue weighted by Gasteiger charge is -2.26. The van der Waals surface area contributed by atoms with Crippen LogP contribution in [0.2, 0.25) is 0 Å². The highest BCUT2D eigenvalue weighted by molar-refractivity contribution is 6.19. The van der Waals surface area contributed by atoms with Gasteiger partial charge < -0.3 is 9.32 Å². The van der Waals surface area contributed by atoms with Gasteiger partial charge in [0.2, 0.25) is 0 Å². The van der Waals surface area contributed by atoms with E-state index in [-0.39, 0.29) is 0 Å². The summed E-state index contributed by atoms with van der Waals surface area (Å²) in [5, 5.41) is 6.41. The Morgan fingerprint density at radius 2 is 0.942 bits per heavy atom. The monoisotopic (exact) mass is 666 g/mol. The fourth-order valence-corrected chi connectivity index (χ4v) is 7.18. The number of nitrogens with zero attached hydrogens (tertiary/aromatic N) is 4. The zero-order valence-corrected chi connectivity index (χ0v) is 28.0. The molecule has 0 spiro atoms. The van der Waals surface area contributed by atoms with E-state index in [2.05, 4.69) is 108 Å². The van der Waals surface area contributed by atoms with Crippen molar-refractivity contribution in [2.45, 2.75) is 0 Å². The number of hydrogen-bond donors (Lipinski definition) is 0. The van der Waals surface area contributed by atoms with Crippen molar-refractivity contribution in [3.05, 3.63) is 182 Å². The van der Waals surface area contributed by atoms with E-state index in [1.165, 1.54) is 10.8 Å². The van der Waals surface area contributed by atoms with E-state index in [0.717, 1.165) is 66.5 Å². The fraction of sp³-hybridized carbons (Fsp3) is 0. The summed E-state index contributed by atoms with van der Waals surface area (Å²) in [7, 11) is 0. The van der Waals surface area contributed by atoms with Crippen LogP contribution in [0.15, 0.2) is 186 Å². The van der Waals surface area contributed by atoms with Crippen molar-refractivity contribution in [1.82, 2.24) is 15.0 Å². The van der Waals surface area contributed by atoms with Gasteiger partial charge in [-0.25, -0.2) is 15.0 Å². The minimum absolute atomic E-state index is 0.596. The molecule has 0 N–H and O–H groups in total. The predicted octanol–water partition coefficient (Wildman–Crippen LogP) is 12.5. The molecule has 2 aromatic heterocycles. The van der Waals surface area contributed by atoms with E-state index in [4.69, 9.17) is 19.4 Å². The lowest BCUT2D eigenvalue weighted by Crippen LogP contribution is -2.10. The second-order valence-corrected chi connectivity index (χ2v) is 12.9. The average Bonchev–Trinajstić information content (AvgIpc) is 3.60. The molecule has 0 amide bonds. The standard InChI is InChI=1S/C47H30N4O/c1-4-15-32(16-5-1)45-48-46(33-17-6-2-7-18-33)50-47(49-45)42-30-41-38-22-12-13-23-43(38)52-44(41)39-27-26-37(29-40(39)42)51(35-20-8-3-9-21-35)36-25-24-31-14-10-11-19-34(31)28-36/h1-30H. The smallest absolute Gasteiger partial charge is 0.164 e. The number of fused-ring (bicyclic) bond motifs is 6. The van der Waals surface area contributed by atoms with Crippen LogP contribution in [0.3, 0.4) is 0 Å². The molecule has 52 heavy (non-hydrogen) atoms. The van der Waals surface area contributed by atoms with Gasteiger partial charge in [0.05, 0.1) is 0 Å². The van der Waals surface area contributed by atoms with Gasteiger partial charge in [0.1, 0.15) is 11.2 Å². The Hall–Kier alpha value is -7.11. The molecule has 0 unspecified atom stereocenters. The number of para-hydroxylation sites is 2. The molecule has 8 aromatic carbocycles. The summed E-state index contributed by atoms with van der Waals surface area (Å²) in [5.41, 5.74) is 7.56. The Labute approximate surface area is 300 Å². The van der Waals surface area contributed by atoms with Crippen LogP contribution in [0.4, 0.5) is 17.1 Å². The number of furan rings is 1. The van der Waals surface area contributed by atoms with Gasteiger partial charge in [0.25, 0.3) is 0 Å². The summed E-state index contributed by atoms with van der Waals surface area (Å²) in [6, 6.07) is 62.8. The third kappa shape index (κ3) is 5.15. The summed E-state index contributed by atoms with van der Waals surface area (Å²) in [4.78, 5) is 17.6.